The number of aromatic nitrogens is 3. The summed E-state index contributed by atoms with van der Waals surface area (Å²) < 4.78 is 13.1. The van der Waals surface area contributed by atoms with Crippen molar-refractivity contribution in [2.24, 2.45) is 0 Å². The summed E-state index contributed by atoms with van der Waals surface area (Å²) in [4.78, 5) is 25.8. The lowest BCUT2D eigenvalue weighted by atomic mass is 10.0. The normalized spacial score (nSPS) is 11.6. The zero-order valence-electron chi connectivity index (χ0n) is 21.7. The minimum Gasteiger partial charge on any atom is -0.481 e. The van der Waals surface area contributed by atoms with Crippen molar-refractivity contribution < 1.29 is 19.1 Å². The van der Waals surface area contributed by atoms with Crippen LogP contribution in [0.2, 0.25) is 10.0 Å². The van der Waals surface area contributed by atoms with Crippen molar-refractivity contribution in [1.29, 1.82) is 0 Å². The predicted molar refractivity (Wildman–Crippen MR) is 161 cm³/mol. The molecule has 0 spiro atoms. The van der Waals surface area contributed by atoms with Crippen LogP contribution < -0.4 is 10.1 Å². The summed E-state index contributed by atoms with van der Waals surface area (Å²) in [7, 11) is 0. The molecule has 1 unspecified atom stereocenters. The Kier molecular flexibility index (Phi) is 10.3. The van der Waals surface area contributed by atoms with Gasteiger partial charge in [0.05, 0.1) is 17.4 Å². The fraction of sp³-hybridized carbons (Fsp3) is 0.214. The van der Waals surface area contributed by atoms with Crippen LogP contribution in [0.1, 0.15) is 36.1 Å². The van der Waals surface area contributed by atoms with Crippen molar-refractivity contribution in [1.82, 2.24) is 14.8 Å². The lowest BCUT2D eigenvalue weighted by Crippen LogP contribution is -2.17. The number of carbonyl (C=O) groups excluding carboxylic acids is 2. The number of thioether (sulfide) groups is 1. The quantitative estimate of drug-likeness (QED) is 0.0997. The summed E-state index contributed by atoms with van der Waals surface area (Å²) in [5, 5.41) is 15.1. The molecule has 0 saturated heterocycles. The molecule has 0 saturated carbocycles. The lowest BCUT2D eigenvalue weighted by molar-refractivity contribution is -0.113. The molecule has 40 heavy (non-hydrogen) atoms. The van der Waals surface area contributed by atoms with E-state index in [9.17, 15) is 9.59 Å². The fourth-order valence-electron chi connectivity index (χ4n) is 3.80. The maximum Gasteiger partial charge on any atom is 0.341 e. The van der Waals surface area contributed by atoms with E-state index in [1.165, 1.54) is 23.1 Å². The van der Waals surface area contributed by atoms with E-state index in [2.05, 4.69) is 22.1 Å². The number of halogens is 2. The van der Waals surface area contributed by atoms with Gasteiger partial charge in [-0.3, -0.25) is 9.36 Å². The molecule has 1 atom stereocenters. The van der Waals surface area contributed by atoms with Crippen LogP contribution in [0.5, 0.6) is 5.75 Å². The highest BCUT2D eigenvalue weighted by molar-refractivity contribution is 7.99. The van der Waals surface area contributed by atoms with Crippen LogP contribution in [0.15, 0.2) is 71.7 Å². The van der Waals surface area contributed by atoms with Gasteiger partial charge in [-0.25, -0.2) is 4.79 Å². The number of hydrogen-bond acceptors (Lipinski definition) is 8. The molecule has 0 aliphatic rings. The van der Waals surface area contributed by atoms with Gasteiger partial charge in [0.2, 0.25) is 5.91 Å². The van der Waals surface area contributed by atoms with E-state index in [1.54, 1.807) is 31.2 Å². The number of allylic oxidation sites excluding steroid dienone is 1. The number of benzene rings is 2. The van der Waals surface area contributed by atoms with Gasteiger partial charge in [-0.05, 0) is 31.5 Å². The van der Waals surface area contributed by atoms with Crippen molar-refractivity contribution >= 4 is 63.2 Å². The van der Waals surface area contributed by atoms with E-state index in [0.717, 1.165) is 5.56 Å². The van der Waals surface area contributed by atoms with Gasteiger partial charge in [0, 0.05) is 28.6 Å². The van der Waals surface area contributed by atoms with Gasteiger partial charge in [0.25, 0.3) is 0 Å². The molecular formula is C28H26Cl2N4O4S2. The summed E-state index contributed by atoms with van der Waals surface area (Å²) in [6, 6.07) is 14.4. The molecule has 4 rings (SSSR count). The first-order chi connectivity index (χ1) is 19.3. The summed E-state index contributed by atoms with van der Waals surface area (Å²) in [5.41, 5.74) is 1.90. The Bertz CT molecular complexity index is 1510. The van der Waals surface area contributed by atoms with Crippen molar-refractivity contribution in [3.8, 4) is 16.9 Å². The first-order valence-electron chi connectivity index (χ1n) is 12.2. The molecule has 0 aliphatic carbocycles. The van der Waals surface area contributed by atoms with E-state index in [1.807, 2.05) is 47.2 Å². The van der Waals surface area contributed by atoms with Gasteiger partial charge in [-0.1, -0.05) is 71.4 Å². The Morgan fingerprint density at radius 2 is 1.98 bits per heavy atom. The van der Waals surface area contributed by atoms with Gasteiger partial charge in [0.15, 0.2) is 17.1 Å². The van der Waals surface area contributed by atoms with Gasteiger partial charge in [-0.15, -0.1) is 28.1 Å². The van der Waals surface area contributed by atoms with Crippen LogP contribution in [0.3, 0.4) is 0 Å². The summed E-state index contributed by atoms with van der Waals surface area (Å²) >= 11 is 14.8. The van der Waals surface area contributed by atoms with Crippen LogP contribution >= 0.6 is 46.3 Å². The largest absolute Gasteiger partial charge is 0.481 e. The molecule has 12 heteroatoms. The fourth-order valence-corrected chi connectivity index (χ4v) is 5.85. The topological polar surface area (TPSA) is 95.3 Å². The Balaban J connectivity index is 1.49. The zero-order chi connectivity index (χ0) is 28.6. The maximum absolute atomic E-state index is 13.0. The summed E-state index contributed by atoms with van der Waals surface area (Å²) in [5.74, 6) is 0.197. The average Bonchev–Trinajstić information content (AvgIpc) is 3.54. The minimum atomic E-state index is -0.513. The molecule has 0 bridgehead atoms. The Hall–Kier alpha value is -3.31. The molecule has 1 N–H and O–H groups in total. The van der Waals surface area contributed by atoms with E-state index in [-0.39, 0.29) is 18.3 Å². The molecule has 2 heterocycles. The second-order valence-corrected chi connectivity index (χ2v) is 11.0. The second-order valence-electron chi connectivity index (χ2n) is 8.35. The lowest BCUT2D eigenvalue weighted by Gasteiger charge is -2.16. The predicted octanol–water partition coefficient (Wildman–Crippen LogP) is 7.55. The van der Waals surface area contributed by atoms with E-state index < -0.39 is 12.1 Å². The Morgan fingerprint density at radius 1 is 1.20 bits per heavy atom. The number of nitrogens with one attached hydrogen (secondary N) is 1. The highest BCUT2D eigenvalue weighted by atomic mass is 35.5. The van der Waals surface area contributed by atoms with Gasteiger partial charge in [0.1, 0.15) is 16.3 Å². The highest BCUT2D eigenvalue weighted by Crippen LogP contribution is 2.37. The van der Waals surface area contributed by atoms with Crippen molar-refractivity contribution in [2.45, 2.75) is 31.7 Å². The van der Waals surface area contributed by atoms with Crippen LogP contribution in [-0.2, 0) is 16.1 Å². The molecule has 0 radical (unpaired) electrons. The maximum atomic E-state index is 13.0. The molecule has 2 aromatic heterocycles. The zero-order valence-corrected chi connectivity index (χ0v) is 24.9. The third kappa shape index (κ3) is 7.06. The van der Waals surface area contributed by atoms with Crippen molar-refractivity contribution in [2.75, 3.05) is 17.7 Å². The summed E-state index contributed by atoms with van der Waals surface area (Å²) in [6.07, 6.45) is 1.19. The molecule has 0 aliphatic heterocycles. The molecule has 4 aromatic rings. The van der Waals surface area contributed by atoms with Crippen molar-refractivity contribution in [3.05, 3.63) is 88.0 Å². The van der Waals surface area contributed by atoms with Crippen LogP contribution in [0.4, 0.5) is 5.00 Å². The number of amides is 1. The van der Waals surface area contributed by atoms with E-state index >= 15 is 0 Å². The highest BCUT2D eigenvalue weighted by Gasteiger charge is 2.24. The third-order valence-electron chi connectivity index (χ3n) is 5.56. The van der Waals surface area contributed by atoms with Crippen molar-refractivity contribution in [3.63, 3.8) is 0 Å². The molecule has 8 nitrogen and oxygen atoms in total. The number of esters is 1. The number of ether oxygens (including phenoxy) is 2. The number of anilines is 1. The molecule has 208 valence electrons. The number of nitrogens with zero attached hydrogens (tertiary/aromatic N) is 3. The van der Waals surface area contributed by atoms with Gasteiger partial charge < -0.3 is 14.8 Å². The number of hydrogen-bond donors (Lipinski definition) is 1. The Labute approximate surface area is 250 Å². The minimum absolute atomic E-state index is 0.0332. The third-order valence-corrected chi connectivity index (χ3v) is 7.97. The molecule has 2 aromatic carbocycles. The Morgan fingerprint density at radius 3 is 2.70 bits per heavy atom. The smallest absolute Gasteiger partial charge is 0.341 e. The number of carbonyl (C=O) groups is 2. The molecule has 0 fully saturated rings. The number of rotatable bonds is 12. The summed E-state index contributed by atoms with van der Waals surface area (Å²) in [6.45, 7) is 8.01. The average molecular weight is 618 g/mol. The van der Waals surface area contributed by atoms with Crippen LogP contribution in [-0.4, -0.2) is 39.0 Å². The van der Waals surface area contributed by atoms with E-state index in [0.29, 0.717) is 49.4 Å². The van der Waals surface area contributed by atoms with Crippen LogP contribution in [0, 0.1) is 0 Å². The van der Waals surface area contributed by atoms with Gasteiger partial charge in [-0.2, -0.15) is 0 Å². The standard InChI is InChI=1S/C28H26Cl2N4O4S2/c1-4-13-34-25(17(3)38-22-14-19(29)11-12-21(22)30)32-33-28(34)40-16-23(35)31-26-24(27(36)37-5-2)20(15-39-26)18-9-7-6-8-10-18/h4,6-12,14-15,17H,1,5,13,16H2,2-3H3,(H,31,35). The molecular weight excluding hydrogens is 591 g/mol. The molecule has 1 amide bonds. The SMILES string of the molecule is C=CCn1c(SCC(=O)Nc2scc(-c3ccccc3)c2C(=O)OCC)nnc1C(C)Oc1cc(Cl)ccc1Cl. The van der Waals surface area contributed by atoms with E-state index in [4.69, 9.17) is 32.7 Å². The first kappa shape index (κ1) is 29.7. The number of thiophene rings is 1. The second kappa shape index (κ2) is 13.8. The van der Waals surface area contributed by atoms with Gasteiger partial charge >= 0.3 is 5.97 Å². The monoisotopic (exact) mass is 616 g/mol. The first-order valence-corrected chi connectivity index (χ1v) is 14.9. The van der Waals surface area contributed by atoms with Crippen LogP contribution in [0.25, 0.3) is 11.1 Å².